The Morgan fingerprint density at radius 3 is 2.62 bits per heavy atom. The maximum Gasteiger partial charge on any atom is 0.407 e. The molecule has 2 rings (SSSR count). The van der Waals surface area contributed by atoms with E-state index in [4.69, 9.17) is 4.74 Å². The molecule has 1 aliphatic heterocycles. The molecule has 1 aliphatic rings. The highest BCUT2D eigenvalue weighted by atomic mass is 16.5. The highest BCUT2D eigenvalue weighted by Gasteiger charge is 2.41. The van der Waals surface area contributed by atoms with Crippen molar-refractivity contribution >= 4 is 6.09 Å². The van der Waals surface area contributed by atoms with E-state index in [1.807, 2.05) is 30.3 Å². The molecule has 2 atom stereocenters. The van der Waals surface area contributed by atoms with E-state index in [0.29, 0.717) is 19.7 Å². The second-order valence-corrected chi connectivity index (χ2v) is 6.47. The Morgan fingerprint density at radius 2 is 2.05 bits per heavy atom. The van der Waals surface area contributed by atoms with Gasteiger partial charge in [0.1, 0.15) is 12.4 Å². The van der Waals surface area contributed by atoms with Crippen LogP contribution in [-0.2, 0) is 0 Å². The molecular weight excluding hydrogens is 268 g/mol. The summed E-state index contributed by atoms with van der Waals surface area (Å²) < 4.78 is 5.82. The molecule has 0 aliphatic carbocycles. The van der Waals surface area contributed by atoms with Crippen LogP contribution in [0.1, 0.15) is 20.8 Å². The van der Waals surface area contributed by atoms with E-state index in [-0.39, 0.29) is 17.5 Å². The molecular formula is C16H24N2O3. The molecule has 2 N–H and O–H groups in total. The van der Waals surface area contributed by atoms with Crippen molar-refractivity contribution in [2.24, 2.45) is 5.41 Å². The van der Waals surface area contributed by atoms with Crippen LogP contribution in [0.5, 0.6) is 5.75 Å². The number of benzene rings is 1. The van der Waals surface area contributed by atoms with Crippen LogP contribution in [0.2, 0.25) is 0 Å². The zero-order chi connectivity index (χ0) is 15.5. The van der Waals surface area contributed by atoms with Gasteiger partial charge in [-0.1, -0.05) is 39.0 Å². The highest BCUT2D eigenvalue weighted by Crippen LogP contribution is 2.29. The van der Waals surface area contributed by atoms with Crippen molar-refractivity contribution in [3.05, 3.63) is 30.3 Å². The number of hydrogen-bond donors (Lipinski definition) is 2. The van der Waals surface area contributed by atoms with Crippen molar-refractivity contribution in [3.8, 4) is 5.75 Å². The largest absolute Gasteiger partial charge is 0.492 e. The molecule has 0 spiro atoms. The van der Waals surface area contributed by atoms with Gasteiger partial charge in [-0.25, -0.2) is 4.79 Å². The van der Waals surface area contributed by atoms with Gasteiger partial charge in [0.2, 0.25) is 0 Å². The van der Waals surface area contributed by atoms with E-state index in [9.17, 15) is 9.90 Å². The van der Waals surface area contributed by atoms with Crippen molar-refractivity contribution in [2.75, 3.05) is 19.7 Å². The molecule has 5 nitrogen and oxygen atoms in total. The lowest BCUT2D eigenvalue weighted by molar-refractivity contribution is 0.0280. The molecule has 1 heterocycles. The van der Waals surface area contributed by atoms with E-state index >= 15 is 0 Å². The Morgan fingerprint density at radius 1 is 1.38 bits per heavy atom. The van der Waals surface area contributed by atoms with Crippen LogP contribution >= 0.6 is 0 Å². The predicted octanol–water partition coefficient (Wildman–Crippen LogP) is 2.43. The van der Waals surface area contributed by atoms with E-state index in [1.165, 1.54) is 4.90 Å². The van der Waals surface area contributed by atoms with Crippen LogP contribution in [0.3, 0.4) is 0 Å². The van der Waals surface area contributed by atoms with E-state index in [2.05, 4.69) is 26.1 Å². The number of nitrogens with zero attached hydrogens (tertiary/aromatic N) is 1. The number of rotatable bonds is 3. The van der Waals surface area contributed by atoms with Gasteiger partial charge >= 0.3 is 6.09 Å². The lowest BCUT2D eigenvalue weighted by Gasteiger charge is -2.46. The minimum absolute atomic E-state index is 0.0185. The zero-order valence-electron chi connectivity index (χ0n) is 12.9. The van der Waals surface area contributed by atoms with Crippen LogP contribution in [0, 0.1) is 5.41 Å². The maximum atomic E-state index is 11.5. The number of para-hydroxylation sites is 1. The lowest BCUT2D eigenvalue weighted by Crippen LogP contribution is -2.65. The van der Waals surface area contributed by atoms with E-state index in [1.54, 1.807) is 0 Å². The molecule has 0 saturated carbocycles. The summed E-state index contributed by atoms with van der Waals surface area (Å²) >= 11 is 0. The van der Waals surface area contributed by atoms with E-state index < -0.39 is 6.09 Å². The van der Waals surface area contributed by atoms with Crippen LogP contribution in [0.4, 0.5) is 4.79 Å². The monoisotopic (exact) mass is 292 g/mol. The summed E-state index contributed by atoms with van der Waals surface area (Å²) in [6.45, 7) is 7.82. The number of carboxylic acid groups (broad SMARTS) is 1. The molecule has 0 aromatic heterocycles. The van der Waals surface area contributed by atoms with Crippen molar-refractivity contribution in [1.82, 2.24) is 10.2 Å². The molecule has 0 radical (unpaired) electrons. The van der Waals surface area contributed by atoms with Gasteiger partial charge in [0.25, 0.3) is 0 Å². The van der Waals surface area contributed by atoms with Crippen LogP contribution in [0.15, 0.2) is 30.3 Å². The highest BCUT2D eigenvalue weighted by molar-refractivity contribution is 5.66. The molecule has 0 bridgehead atoms. The number of carbonyl (C=O) groups is 1. The standard InChI is InChI=1S/C16H24N2O3/c1-16(2,3)14-13(17-9-10-18(14)15(19)20)11-21-12-7-5-4-6-8-12/h4-8,13-14,17H,9-11H2,1-3H3,(H,19,20). The Bertz CT molecular complexity index is 470. The molecule has 21 heavy (non-hydrogen) atoms. The lowest BCUT2D eigenvalue weighted by atomic mass is 9.80. The van der Waals surface area contributed by atoms with Crippen molar-refractivity contribution in [2.45, 2.75) is 32.9 Å². The van der Waals surface area contributed by atoms with Gasteiger partial charge in [-0.3, -0.25) is 0 Å². The first-order valence-corrected chi connectivity index (χ1v) is 7.30. The third kappa shape index (κ3) is 3.88. The second-order valence-electron chi connectivity index (χ2n) is 6.47. The molecule has 1 amide bonds. The fourth-order valence-corrected chi connectivity index (χ4v) is 2.98. The van der Waals surface area contributed by atoms with Crippen molar-refractivity contribution in [3.63, 3.8) is 0 Å². The van der Waals surface area contributed by atoms with Crippen molar-refractivity contribution < 1.29 is 14.6 Å². The summed E-state index contributed by atoms with van der Waals surface area (Å²) in [5.41, 5.74) is -0.156. The Hall–Kier alpha value is -1.75. The molecule has 1 fully saturated rings. The topological polar surface area (TPSA) is 61.8 Å². The average Bonchev–Trinajstić information content (AvgIpc) is 2.44. The van der Waals surface area contributed by atoms with Crippen LogP contribution in [-0.4, -0.2) is 47.9 Å². The zero-order valence-corrected chi connectivity index (χ0v) is 12.9. The molecule has 5 heteroatoms. The van der Waals surface area contributed by atoms with E-state index in [0.717, 1.165) is 5.75 Å². The normalized spacial score (nSPS) is 22.9. The predicted molar refractivity (Wildman–Crippen MR) is 81.7 cm³/mol. The van der Waals surface area contributed by atoms with Crippen molar-refractivity contribution in [1.29, 1.82) is 0 Å². The fourth-order valence-electron chi connectivity index (χ4n) is 2.98. The van der Waals surface area contributed by atoms with Gasteiger partial charge in [0.05, 0.1) is 12.1 Å². The van der Waals surface area contributed by atoms with Gasteiger partial charge in [-0.15, -0.1) is 0 Å². The SMILES string of the molecule is CC(C)(C)C1C(COc2ccccc2)NCCN1C(=O)O. The number of amides is 1. The minimum atomic E-state index is -0.860. The summed E-state index contributed by atoms with van der Waals surface area (Å²) in [5.74, 6) is 0.805. The van der Waals surface area contributed by atoms with Gasteiger partial charge in [0, 0.05) is 13.1 Å². The smallest absolute Gasteiger partial charge is 0.407 e. The Labute approximate surface area is 125 Å². The number of piperazine rings is 1. The number of hydrogen-bond acceptors (Lipinski definition) is 3. The summed E-state index contributed by atoms with van der Waals surface area (Å²) in [7, 11) is 0. The molecule has 1 aromatic rings. The first kappa shape index (κ1) is 15.6. The Balaban J connectivity index is 2.10. The minimum Gasteiger partial charge on any atom is -0.492 e. The van der Waals surface area contributed by atoms with Gasteiger partial charge in [-0.2, -0.15) is 0 Å². The maximum absolute atomic E-state index is 11.5. The molecule has 1 aromatic carbocycles. The van der Waals surface area contributed by atoms with Gasteiger partial charge in [-0.05, 0) is 17.5 Å². The summed E-state index contributed by atoms with van der Waals surface area (Å²) in [4.78, 5) is 13.0. The third-order valence-electron chi connectivity index (χ3n) is 3.78. The first-order valence-electron chi connectivity index (χ1n) is 7.30. The Kier molecular flexibility index (Phi) is 4.73. The quantitative estimate of drug-likeness (QED) is 0.898. The fraction of sp³-hybridized carbons (Fsp3) is 0.562. The number of ether oxygens (including phenoxy) is 1. The summed E-state index contributed by atoms with van der Waals surface area (Å²) in [6, 6.07) is 9.47. The molecule has 2 unspecified atom stereocenters. The average molecular weight is 292 g/mol. The second kappa shape index (κ2) is 6.35. The third-order valence-corrected chi connectivity index (χ3v) is 3.78. The van der Waals surface area contributed by atoms with Crippen LogP contribution < -0.4 is 10.1 Å². The van der Waals surface area contributed by atoms with Gasteiger partial charge < -0.3 is 20.1 Å². The molecule has 1 saturated heterocycles. The summed E-state index contributed by atoms with van der Waals surface area (Å²) in [5, 5.41) is 12.8. The van der Waals surface area contributed by atoms with Crippen LogP contribution in [0.25, 0.3) is 0 Å². The number of nitrogens with one attached hydrogen (secondary N) is 1. The van der Waals surface area contributed by atoms with Gasteiger partial charge in [0.15, 0.2) is 0 Å². The summed E-state index contributed by atoms with van der Waals surface area (Å²) in [6.07, 6.45) is -0.860. The first-order chi connectivity index (χ1) is 9.89. The molecule has 116 valence electrons.